The monoisotopic (exact) mass is 370 g/mol. The zero-order valence-electron chi connectivity index (χ0n) is 15.2. The summed E-state index contributed by atoms with van der Waals surface area (Å²) in [5.74, 6) is 0.209. The van der Waals surface area contributed by atoms with Crippen LogP contribution in [-0.2, 0) is 11.2 Å². The molecule has 0 amide bonds. The van der Waals surface area contributed by atoms with Crippen LogP contribution >= 0.6 is 0 Å². The van der Waals surface area contributed by atoms with Crippen molar-refractivity contribution in [3.8, 4) is 5.75 Å². The predicted octanol–water partition coefficient (Wildman–Crippen LogP) is 3.60. The normalized spacial score (nSPS) is 13.4. The van der Waals surface area contributed by atoms with E-state index in [0.29, 0.717) is 12.1 Å². The summed E-state index contributed by atoms with van der Waals surface area (Å²) in [6.45, 7) is 1.80. The molecular weight excluding hydrogens is 348 g/mol. The van der Waals surface area contributed by atoms with Crippen LogP contribution < -0.4 is 9.64 Å². The molecular formula is C20H22N2O5. The molecule has 142 valence electrons. The van der Waals surface area contributed by atoms with Crippen molar-refractivity contribution in [2.45, 2.75) is 19.3 Å². The SMILES string of the molecule is COc1ccc(CCOC(=O)c2ccc(N3CCCC3)c([N+](=O)[O-])c2)cc1. The van der Waals surface area contributed by atoms with Gasteiger partial charge in [-0.15, -0.1) is 0 Å². The number of benzene rings is 2. The van der Waals surface area contributed by atoms with Crippen LogP contribution in [-0.4, -0.2) is 37.7 Å². The fourth-order valence-corrected chi connectivity index (χ4v) is 3.16. The maximum Gasteiger partial charge on any atom is 0.338 e. The van der Waals surface area contributed by atoms with E-state index in [-0.39, 0.29) is 17.9 Å². The van der Waals surface area contributed by atoms with Gasteiger partial charge in [0.1, 0.15) is 11.4 Å². The summed E-state index contributed by atoms with van der Waals surface area (Å²) in [6.07, 6.45) is 2.60. The fraction of sp³-hybridized carbons (Fsp3) is 0.350. The lowest BCUT2D eigenvalue weighted by molar-refractivity contribution is -0.384. The molecule has 7 heteroatoms. The molecule has 2 aromatic rings. The van der Waals surface area contributed by atoms with Crippen molar-refractivity contribution in [3.05, 3.63) is 63.7 Å². The standard InChI is InChI=1S/C20H22N2O5/c1-26-17-7-4-15(5-8-17)10-13-27-20(23)16-6-9-18(19(14-16)22(24)25)21-11-2-3-12-21/h4-9,14H,2-3,10-13H2,1H3. The van der Waals surface area contributed by atoms with E-state index in [0.717, 1.165) is 37.2 Å². The van der Waals surface area contributed by atoms with E-state index in [1.165, 1.54) is 6.07 Å². The zero-order valence-corrected chi connectivity index (χ0v) is 15.2. The molecule has 1 aliphatic heterocycles. The lowest BCUT2D eigenvalue weighted by atomic mass is 10.1. The molecule has 0 atom stereocenters. The van der Waals surface area contributed by atoms with Gasteiger partial charge in [0.15, 0.2) is 0 Å². The first kappa shape index (κ1) is 18.7. The predicted molar refractivity (Wildman–Crippen MR) is 102 cm³/mol. The summed E-state index contributed by atoms with van der Waals surface area (Å²) in [7, 11) is 1.60. The van der Waals surface area contributed by atoms with Crippen LogP contribution in [0.3, 0.4) is 0 Å². The van der Waals surface area contributed by atoms with Crippen LogP contribution in [0.25, 0.3) is 0 Å². The molecule has 0 N–H and O–H groups in total. The van der Waals surface area contributed by atoms with Crippen molar-refractivity contribution in [1.29, 1.82) is 0 Å². The molecule has 1 fully saturated rings. The number of anilines is 1. The van der Waals surface area contributed by atoms with Crippen LogP contribution in [0.15, 0.2) is 42.5 Å². The van der Waals surface area contributed by atoms with Gasteiger partial charge >= 0.3 is 5.97 Å². The Hall–Kier alpha value is -3.09. The largest absolute Gasteiger partial charge is 0.497 e. The Morgan fingerprint density at radius 1 is 1.15 bits per heavy atom. The van der Waals surface area contributed by atoms with Gasteiger partial charge in [0.25, 0.3) is 5.69 Å². The third-order valence-corrected chi connectivity index (χ3v) is 4.64. The van der Waals surface area contributed by atoms with Gasteiger partial charge in [-0.25, -0.2) is 4.79 Å². The van der Waals surface area contributed by atoms with E-state index in [9.17, 15) is 14.9 Å². The highest BCUT2D eigenvalue weighted by atomic mass is 16.6. The number of carbonyl (C=O) groups is 1. The van der Waals surface area contributed by atoms with Crippen molar-refractivity contribution in [2.24, 2.45) is 0 Å². The van der Waals surface area contributed by atoms with Gasteiger partial charge in [0.05, 0.1) is 24.2 Å². The highest BCUT2D eigenvalue weighted by Crippen LogP contribution is 2.31. The number of methoxy groups -OCH3 is 1. The molecule has 1 heterocycles. The van der Waals surface area contributed by atoms with Gasteiger partial charge in [-0.3, -0.25) is 10.1 Å². The Morgan fingerprint density at radius 3 is 2.48 bits per heavy atom. The van der Waals surface area contributed by atoms with Crippen LogP contribution in [0.2, 0.25) is 0 Å². The average molecular weight is 370 g/mol. The summed E-state index contributed by atoms with van der Waals surface area (Å²) in [5.41, 5.74) is 1.71. The molecule has 0 spiro atoms. The first-order valence-electron chi connectivity index (χ1n) is 8.92. The van der Waals surface area contributed by atoms with E-state index in [1.807, 2.05) is 29.2 Å². The van der Waals surface area contributed by atoms with Gasteiger partial charge in [0.2, 0.25) is 0 Å². The van der Waals surface area contributed by atoms with E-state index in [4.69, 9.17) is 9.47 Å². The number of carbonyl (C=O) groups excluding carboxylic acids is 1. The number of nitro benzene ring substituents is 1. The molecule has 27 heavy (non-hydrogen) atoms. The lowest BCUT2D eigenvalue weighted by Gasteiger charge is -2.17. The Labute approximate surface area is 157 Å². The highest BCUT2D eigenvalue weighted by Gasteiger charge is 2.24. The summed E-state index contributed by atoms with van der Waals surface area (Å²) >= 11 is 0. The molecule has 7 nitrogen and oxygen atoms in total. The Kier molecular flexibility index (Phi) is 5.90. The highest BCUT2D eigenvalue weighted by molar-refractivity contribution is 5.91. The number of hydrogen-bond donors (Lipinski definition) is 0. The summed E-state index contributed by atoms with van der Waals surface area (Å²) in [4.78, 5) is 25.2. The van der Waals surface area contributed by atoms with Crippen molar-refractivity contribution in [2.75, 3.05) is 31.7 Å². The van der Waals surface area contributed by atoms with Crippen LogP contribution in [0, 0.1) is 10.1 Å². The molecule has 1 saturated heterocycles. The van der Waals surface area contributed by atoms with E-state index in [1.54, 1.807) is 19.2 Å². The number of ether oxygens (including phenoxy) is 2. The van der Waals surface area contributed by atoms with Crippen LogP contribution in [0.4, 0.5) is 11.4 Å². The molecule has 0 bridgehead atoms. The maximum atomic E-state index is 12.3. The minimum atomic E-state index is -0.556. The zero-order chi connectivity index (χ0) is 19.2. The molecule has 2 aromatic carbocycles. The van der Waals surface area contributed by atoms with Gasteiger partial charge in [-0.05, 0) is 42.7 Å². The molecule has 0 saturated carbocycles. The Morgan fingerprint density at radius 2 is 1.85 bits per heavy atom. The average Bonchev–Trinajstić information content (AvgIpc) is 3.22. The second-order valence-electron chi connectivity index (χ2n) is 6.39. The molecule has 3 rings (SSSR count). The fourth-order valence-electron chi connectivity index (χ4n) is 3.16. The molecule has 1 aliphatic rings. The van der Waals surface area contributed by atoms with Gasteiger partial charge in [0, 0.05) is 25.6 Å². The van der Waals surface area contributed by atoms with Gasteiger partial charge in [-0.2, -0.15) is 0 Å². The third-order valence-electron chi connectivity index (χ3n) is 4.64. The molecule has 0 aromatic heterocycles. The number of rotatable bonds is 7. The second-order valence-corrected chi connectivity index (χ2v) is 6.39. The second kappa shape index (κ2) is 8.53. The topological polar surface area (TPSA) is 81.9 Å². The number of nitrogens with zero attached hydrogens (tertiary/aromatic N) is 2. The van der Waals surface area contributed by atoms with E-state index >= 15 is 0 Å². The molecule has 0 aliphatic carbocycles. The minimum Gasteiger partial charge on any atom is -0.497 e. The summed E-state index contributed by atoms with van der Waals surface area (Å²) in [6, 6.07) is 12.0. The molecule has 0 radical (unpaired) electrons. The lowest BCUT2D eigenvalue weighted by Crippen LogP contribution is -2.19. The van der Waals surface area contributed by atoms with Gasteiger partial charge in [-0.1, -0.05) is 12.1 Å². The van der Waals surface area contributed by atoms with Crippen LogP contribution in [0.1, 0.15) is 28.8 Å². The third kappa shape index (κ3) is 4.55. The van der Waals surface area contributed by atoms with Gasteiger partial charge < -0.3 is 14.4 Å². The van der Waals surface area contributed by atoms with Crippen LogP contribution in [0.5, 0.6) is 5.75 Å². The van der Waals surface area contributed by atoms with Crippen molar-refractivity contribution >= 4 is 17.3 Å². The smallest absolute Gasteiger partial charge is 0.338 e. The molecule has 0 unspecified atom stereocenters. The minimum absolute atomic E-state index is 0.0542. The number of esters is 1. The van der Waals surface area contributed by atoms with Crippen molar-refractivity contribution in [1.82, 2.24) is 0 Å². The number of nitro groups is 1. The first-order valence-corrected chi connectivity index (χ1v) is 8.92. The Balaban J connectivity index is 1.63. The first-order chi connectivity index (χ1) is 13.1. The van der Waals surface area contributed by atoms with Crippen molar-refractivity contribution in [3.63, 3.8) is 0 Å². The quantitative estimate of drug-likeness (QED) is 0.421. The summed E-state index contributed by atoms with van der Waals surface area (Å²) < 4.78 is 10.4. The van der Waals surface area contributed by atoms with Crippen molar-refractivity contribution < 1.29 is 19.2 Å². The van der Waals surface area contributed by atoms with E-state index in [2.05, 4.69) is 0 Å². The number of hydrogen-bond acceptors (Lipinski definition) is 6. The summed E-state index contributed by atoms with van der Waals surface area (Å²) in [5, 5.41) is 11.4. The van der Waals surface area contributed by atoms with E-state index < -0.39 is 10.9 Å². The maximum absolute atomic E-state index is 12.3. The Bertz CT molecular complexity index is 814.